The molecule has 1 fully saturated rings. The van der Waals surface area contributed by atoms with Gasteiger partial charge in [0.05, 0.1) is 0 Å². The summed E-state index contributed by atoms with van der Waals surface area (Å²) in [5.41, 5.74) is 0.657. The van der Waals surface area contributed by atoms with Crippen LogP contribution >= 0.6 is 0 Å². The molecular weight excluding hydrogens is 482 g/mol. The third-order valence-electron chi connectivity index (χ3n) is 8.82. The van der Waals surface area contributed by atoms with Crippen molar-refractivity contribution in [3.63, 3.8) is 0 Å². The Labute approximate surface area is 252 Å². The fourth-order valence-corrected chi connectivity index (χ4v) is 5.93. The molecule has 0 atom stereocenters. The molecule has 0 aliphatic carbocycles. The number of rotatable bonds is 30. The molecule has 1 aliphatic heterocycles. The highest BCUT2D eigenvalue weighted by molar-refractivity contribution is 4.94. The molecular formula is C39H71N. The van der Waals surface area contributed by atoms with Crippen LogP contribution in [0.15, 0.2) is 48.6 Å². The van der Waals surface area contributed by atoms with Crippen molar-refractivity contribution in [2.75, 3.05) is 13.1 Å². The van der Waals surface area contributed by atoms with Crippen molar-refractivity contribution in [1.82, 2.24) is 5.32 Å². The molecule has 1 saturated heterocycles. The van der Waals surface area contributed by atoms with Gasteiger partial charge >= 0.3 is 0 Å². The van der Waals surface area contributed by atoms with E-state index in [0.717, 1.165) is 12.8 Å². The Kier molecular flexibility index (Phi) is 27.2. The first-order chi connectivity index (χ1) is 19.8. The lowest BCUT2D eigenvalue weighted by molar-refractivity contribution is 0.128. The predicted octanol–water partition coefficient (Wildman–Crippen LogP) is 13.0. The maximum Gasteiger partial charge on any atom is 0.00202 e. The Bertz CT molecular complexity index is 571. The fraction of sp³-hybridized carbons (Fsp3) is 0.795. The predicted molar refractivity (Wildman–Crippen MR) is 183 cm³/mol. The molecule has 1 heteroatoms. The molecule has 0 amide bonds. The van der Waals surface area contributed by atoms with Gasteiger partial charge in [0.15, 0.2) is 0 Å². The van der Waals surface area contributed by atoms with Gasteiger partial charge in [-0.3, -0.25) is 0 Å². The summed E-state index contributed by atoms with van der Waals surface area (Å²) < 4.78 is 0. The molecule has 232 valence electrons. The van der Waals surface area contributed by atoms with Gasteiger partial charge in [-0.25, -0.2) is 0 Å². The van der Waals surface area contributed by atoms with E-state index in [1.54, 1.807) is 0 Å². The molecule has 0 aromatic heterocycles. The summed E-state index contributed by atoms with van der Waals surface area (Å²) >= 11 is 0. The van der Waals surface area contributed by atoms with Crippen LogP contribution in [0.4, 0.5) is 0 Å². The van der Waals surface area contributed by atoms with Gasteiger partial charge in [-0.1, -0.05) is 152 Å². The quantitative estimate of drug-likeness (QED) is 0.0689. The molecule has 0 aromatic carbocycles. The molecule has 40 heavy (non-hydrogen) atoms. The molecule has 0 spiro atoms. The Morgan fingerprint density at radius 2 is 0.725 bits per heavy atom. The molecule has 0 bridgehead atoms. The Balaban J connectivity index is 1.87. The second-order valence-electron chi connectivity index (χ2n) is 12.8. The minimum absolute atomic E-state index is 0.657. The summed E-state index contributed by atoms with van der Waals surface area (Å²) in [7, 11) is 0. The van der Waals surface area contributed by atoms with Crippen LogP contribution in [0.3, 0.4) is 0 Å². The van der Waals surface area contributed by atoms with Crippen LogP contribution in [-0.4, -0.2) is 13.1 Å². The average molecular weight is 554 g/mol. The first-order valence-corrected chi connectivity index (χ1v) is 18.1. The van der Waals surface area contributed by atoms with Gasteiger partial charge in [-0.2, -0.15) is 0 Å². The molecule has 0 aromatic rings. The minimum atomic E-state index is 0.657. The van der Waals surface area contributed by atoms with E-state index < -0.39 is 0 Å². The minimum Gasteiger partial charge on any atom is -0.316 e. The van der Waals surface area contributed by atoms with Gasteiger partial charge in [0.25, 0.3) is 0 Å². The normalized spacial score (nSPS) is 15.3. The van der Waals surface area contributed by atoms with Crippen molar-refractivity contribution in [3.8, 4) is 0 Å². The zero-order valence-corrected chi connectivity index (χ0v) is 27.4. The molecule has 1 N–H and O–H groups in total. The molecule has 1 rings (SSSR count). The van der Waals surface area contributed by atoms with Crippen molar-refractivity contribution in [1.29, 1.82) is 0 Å². The van der Waals surface area contributed by atoms with E-state index in [1.807, 2.05) is 0 Å². The molecule has 1 aliphatic rings. The summed E-state index contributed by atoms with van der Waals surface area (Å²) in [6.07, 6.45) is 54.4. The lowest BCUT2D eigenvalue weighted by atomic mass is 9.73. The van der Waals surface area contributed by atoms with Crippen molar-refractivity contribution in [2.45, 2.75) is 181 Å². The average Bonchev–Trinajstić information content (AvgIpc) is 2.94. The Morgan fingerprint density at radius 3 is 1.05 bits per heavy atom. The molecule has 1 nitrogen and oxygen atoms in total. The van der Waals surface area contributed by atoms with Crippen LogP contribution < -0.4 is 5.32 Å². The van der Waals surface area contributed by atoms with E-state index in [-0.39, 0.29) is 0 Å². The lowest BCUT2D eigenvalue weighted by Gasteiger charge is -2.43. The first-order valence-electron chi connectivity index (χ1n) is 18.1. The van der Waals surface area contributed by atoms with Crippen molar-refractivity contribution >= 4 is 0 Å². The number of hydrogen-bond acceptors (Lipinski definition) is 1. The molecule has 0 radical (unpaired) electrons. The molecule has 0 unspecified atom stereocenters. The maximum absolute atomic E-state index is 3.59. The standard InChI is InChI=1S/C39H71N/c1-3-5-7-9-11-13-15-17-19-21-23-25-27-29-31-33-35-39(37-40-38-39)36-34-32-30-28-26-24-22-20-18-16-14-12-10-8-6-4-2/h11-14,17-20,40H,3-10,15-16,21-38H2,1-2H3/b13-11-,14-12-,19-17-,20-18-. The van der Waals surface area contributed by atoms with Crippen LogP contribution in [0.25, 0.3) is 0 Å². The smallest absolute Gasteiger partial charge is 0.00202 e. The topological polar surface area (TPSA) is 12.0 Å². The van der Waals surface area contributed by atoms with Crippen LogP contribution in [0.5, 0.6) is 0 Å². The zero-order valence-electron chi connectivity index (χ0n) is 27.4. The van der Waals surface area contributed by atoms with Crippen LogP contribution in [0, 0.1) is 5.41 Å². The van der Waals surface area contributed by atoms with E-state index in [1.165, 1.54) is 167 Å². The summed E-state index contributed by atoms with van der Waals surface area (Å²) in [5.74, 6) is 0. The van der Waals surface area contributed by atoms with Gasteiger partial charge in [-0.05, 0) is 82.5 Å². The van der Waals surface area contributed by atoms with Crippen molar-refractivity contribution < 1.29 is 0 Å². The van der Waals surface area contributed by atoms with E-state index >= 15 is 0 Å². The van der Waals surface area contributed by atoms with Crippen molar-refractivity contribution in [2.24, 2.45) is 5.41 Å². The van der Waals surface area contributed by atoms with Gasteiger partial charge in [0.1, 0.15) is 0 Å². The fourth-order valence-electron chi connectivity index (χ4n) is 5.93. The zero-order chi connectivity index (χ0) is 28.7. The number of allylic oxidation sites excluding steroid dienone is 8. The van der Waals surface area contributed by atoms with E-state index in [2.05, 4.69) is 67.8 Å². The second-order valence-corrected chi connectivity index (χ2v) is 12.8. The van der Waals surface area contributed by atoms with Gasteiger partial charge < -0.3 is 5.32 Å². The SMILES string of the molecule is CCCCC/C=C\C/C=C\CCCCCCCCC1(CCCCCCCC/C=C\C/C=C\CCCCC)CNC1. The van der Waals surface area contributed by atoms with Gasteiger partial charge in [0, 0.05) is 13.1 Å². The van der Waals surface area contributed by atoms with Crippen LogP contribution in [0.2, 0.25) is 0 Å². The second kappa shape index (κ2) is 29.4. The molecule has 1 heterocycles. The summed E-state index contributed by atoms with van der Waals surface area (Å²) in [4.78, 5) is 0. The maximum atomic E-state index is 3.59. The van der Waals surface area contributed by atoms with Gasteiger partial charge in [0.2, 0.25) is 0 Å². The van der Waals surface area contributed by atoms with Crippen LogP contribution in [0.1, 0.15) is 181 Å². The third-order valence-corrected chi connectivity index (χ3v) is 8.82. The Morgan fingerprint density at radius 1 is 0.400 bits per heavy atom. The molecule has 0 saturated carbocycles. The number of nitrogens with one attached hydrogen (secondary N) is 1. The van der Waals surface area contributed by atoms with E-state index in [9.17, 15) is 0 Å². The van der Waals surface area contributed by atoms with Gasteiger partial charge in [-0.15, -0.1) is 0 Å². The number of hydrogen-bond donors (Lipinski definition) is 1. The largest absolute Gasteiger partial charge is 0.316 e. The van der Waals surface area contributed by atoms with Crippen molar-refractivity contribution in [3.05, 3.63) is 48.6 Å². The third kappa shape index (κ3) is 23.6. The summed E-state index contributed by atoms with van der Waals surface area (Å²) in [5, 5.41) is 3.59. The summed E-state index contributed by atoms with van der Waals surface area (Å²) in [6, 6.07) is 0. The lowest BCUT2D eigenvalue weighted by Crippen LogP contribution is -2.53. The number of unbranched alkanes of at least 4 members (excludes halogenated alkanes) is 18. The van der Waals surface area contributed by atoms with Crippen LogP contribution in [-0.2, 0) is 0 Å². The van der Waals surface area contributed by atoms with E-state index in [4.69, 9.17) is 0 Å². The highest BCUT2D eigenvalue weighted by Gasteiger charge is 2.35. The monoisotopic (exact) mass is 554 g/mol. The highest BCUT2D eigenvalue weighted by Crippen LogP contribution is 2.35. The highest BCUT2D eigenvalue weighted by atomic mass is 15.0. The van der Waals surface area contributed by atoms with E-state index in [0.29, 0.717) is 5.41 Å². The Hall–Kier alpha value is -1.08. The summed E-state index contributed by atoms with van der Waals surface area (Å²) in [6.45, 7) is 7.12. The first kappa shape index (κ1) is 36.9.